The first kappa shape index (κ1) is 13.6. The van der Waals surface area contributed by atoms with E-state index in [1.807, 2.05) is 0 Å². The smallest absolute Gasteiger partial charge is 0.171 e. The van der Waals surface area contributed by atoms with Crippen molar-refractivity contribution in [3.63, 3.8) is 0 Å². The zero-order valence-corrected chi connectivity index (χ0v) is 9.21. The number of hydrogen-bond acceptors (Lipinski definition) is 0. The zero-order valence-electron chi connectivity index (χ0n) is 9.21. The molecule has 0 N–H and O–H groups in total. The summed E-state index contributed by atoms with van der Waals surface area (Å²) in [4.78, 5) is 0. The van der Waals surface area contributed by atoms with Crippen LogP contribution < -0.4 is 0 Å². The Kier molecular flexibility index (Phi) is 3.01. The van der Waals surface area contributed by atoms with Gasteiger partial charge in [-0.2, -0.15) is 26.3 Å². The van der Waals surface area contributed by atoms with Gasteiger partial charge >= 0.3 is 12.4 Å². The predicted octanol–water partition coefficient (Wildman–Crippen LogP) is 4.41. The van der Waals surface area contributed by atoms with Crippen molar-refractivity contribution < 1.29 is 26.3 Å². The normalized spacial score (nSPS) is 37.3. The molecule has 96 valence electrons. The van der Waals surface area contributed by atoms with Crippen LogP contribution in [-0.2, 0) is 0 Å². The van der Waals surface area contributed by atoms with Crippen LogP contribution >= 0.6 is 0 Å². The van der Waals surface area contributed by atoms with Gasteiger partial charge in [-0.25, -0.2) is 0 Å². The standard InChI is InChI=1S/C10H14F6/c1-4-8(6(3)9(11,12)13)5(2)7(8)10(14,15)16/h5-7H,4H2,1-3H3. The molecule has 0 bridgehead atoms. The van der Waals surface area contributed by atoms with Crippen molar-refractivity contribution in [2.45, 2.75) is 39.5 Å². The summed E-state index contributed by atoms with van der Waals surface area (Å²) >= 11 is 0. The fourth-order valence-corrected chi connectivity index (χ4v) is 3.06. The molecule has 0 heterocycles. The molecule has 0 saturated heterocycles. The molecule has 6 heteroatoms. The van der Waals surface area contributed by atoms with E-state index in [1.165, 1.54) is 13.8 Å². The van der Waals surface area contributed by atoms with Crippen LogP contribution in [0.1, 0.15) is 27.2 Å². The second-order valence-corrected chi connectivity index (χ2v) is 4.54. The Bertz CT molecular complexity index is 247. The molecule has 4 unspecified atom stereocenters. The maximum absolute atomic E-state index is 12.6. The summed E-state index contributed by atoms with van der Waals surface area (Å²) in [6.07, 6.45) is -9.20. The van der Waals surface area contributed by atoms with Crippen molar-refractivity contribution >= 4 is 0 Å². The predicted molar refractivity (Wildman–Crippen MR) is 46.7 cm³/mol. The van der Waals surface area contributed by atoms with Gasteiger partial charge in [0, 0.05) is 0 Å². The van der Waals surface area contributed by atoms with E-state index < -0.39 is 35.5 Å². The van der Waals surface area contributed by atoms with Gasteiger partial charge in [0.2, 0.25) is 0 Å². The second kappa shape index (κ2) is 3.53. The fourth-order valence-electron chi connectivity index (χ4n) is 3.06. The molecule has 16 heavy (non-hydrogen) atoms. The lowest BCUT2D eigenvalue weighted by molar-refractivity contribution is -0.206. The molecule has 4 atom stereocenters. The van der Waals surface area contributed by atoms with Crippen LogP contribution in [0.15, 0.2) is 0 Å². The number of alkyl halides is 6. The molecule has 1 aliphatic rings. The topological polar surface area (TPSA) is 0 Å². The quantitative estimate of drug-likeness (QED) is 0.635. The van der Waals surface area contributed by atoms with E-state index in [0.717, 1.165) is 6.92 Å². The lowest BCUT2D eigenvalue weighted by Crippen LogP contribution is -2.33. The highest BCUT2D eigenvalue weighted by molar-refractivity contribution is 5.14. The highest BCUT2D eigenvalue weighted by Gasteiger charge is 2.76. The van der Waals surface area contributed by atoms with E-state index in [-0.39, 0.29) is 6.42 Å². The zero-order chi connectivity index (χ0) is 12.9. The Morgan fingerprint density at radius 1 is 1.12 bits per heavy atom. The molecule has 0 amide bonds. The SMILES string of the molecule is CCC1(C(C)C(F)(F)F)C(C)C1C(F)(F)F. The van der Waals surface area contributed by atoms with Gasteiger partial charge in [-0.1, -0.05) is 20.8 Å². The van der Waals surface area contributed by atoms with Crippen LogP contribution in [0.5, 0.6) is 0 Å². The minimum atomic E-state index is -4.57. The molecule has 0 aromatic heterocycles. The minimum Gasteiger partial charge on any atom is -0.171 e. The molecule has 1 fully saturated rings. The fraction of sp³-hybridized carbons (Fsp3) is 1.00. The van der Waals surface area contributed by atoms with Gasteiger partial charge in [0.1, 0.15) is 0 Å². The van der Waals surface area contributed by atoms with Gasteiger partial charge in [0.05, 0.1) is 11.8 Å². The highest BCUT2D eigenvalue weighted by Crippen LogP contribution is 2.72. The third-order valence-corrected chi connectivity index (χ3v) is 4.08. The summed E-state index contributed by atoms with van der Waals surface area (Å²) in [7, 11) is 0. The Labute approximate surface area is 90.0 Å². The van der Waals surface area contributed by atoms with Crippen molar-refractivity contribution in [2.24, 2.45) is 23.2 Å². The van der Waals surface area contributed by atoms with Crippen LogP contribution in [-0.4, -0.2) is 12.4 Å². The maximum Gasteiger partial charge on any atom is 0.392 e. The largest absolute Gasteiger partial charge is 0.392 e. The number of halogens is 6. The molecule has 0 spiro atoms. The molecule has 1 rings (SSSR count). The first-order valence-electron chi connectivity index (χ1n) is 5.13. The molecule has 0 radical (unpaired) electrons. The average molecular weight is 248 g/mol. The lowest BCUT2D eigenvalue weighted by Gasteiger charge is -2.27. The summed E-state index contributed by atoms with van der Waals surface area (Å²) in [6.45, 7) is 3.50. The summed E-state index contributed by atoms with van der Waals surface area (Å²) in [5.74, 6) is -4.68. The van der Waals surface area contributed by atoms with Gasteiger partial charge in [0.25, 0.3) is 0 Å². The van der Waals surface area contributed by atoms with Crippen LogP contribution in [0.3, 0.4) is 0 Å². The van der Waals surface area contributed by atoms with E-state index in [0.29, 0.717) is 0 Å². The Morgan fingerprint density at radius 2 is 1.56 bits per heavy atom. The van der Waals surface area contributed by atoms with Crippen molar-refractivity contribution in [3.8, 4) is 0 Å². The van der Waals surface area contributed by atoms with Crippen molar-refractivity contribution in [2.75, 3.05) is 0 Å². The number of hydrogen-bond donors (Lipinski definition) is 0. The Balaban J connectivity index is 3.00. The van der Waals surface area contributed by atoms with Crippen LogP contribution in [0.4, 0.5) is 26.3 Å². The second-order valence-electron chi connectivity index (χ2n) is 4.54. The van der Waals surface area contributed by atoms with E-state index in [9.17, 15) is 26.3 Å². The van der Waals surface area contributed by atoms with Gasteiger partial charge < -0.3 is 0 Å². The van der Waals surface area contributed by atoms with Gasteiger partial charge in [-0.3, -0.25) is 0 Å². The minimum absolute atomic E-state index is 0.0982. The molecule has 0 nitrogen and oxygen atoms in total. The third kappa shape index (κ3) is 1.80. The summed E-state index contributed by atoms with van der Waals surface area (Å²) < 4.78 is 75.3. The van der Waals surface area contributed by atoms with Crippen molar-refractivity contribution in [3.05, 3.63) is 0 Å². The molecular formula is C10H14F6. The van der Waals surface area contributed by atoms with Crippen molar-refractivity contribution in [1.82, 2.24) is 0 Å². The van der Waals surface area contributed by atoms with Gasteiger partial charge in [-0.05, 0) is 17.8 Å². The Morgan fingerprint density at radius 3 is 1.75 bits per heavy atom. The molecule has 0 aliphatic heterocycles. The average Bonchev–Trinajstić information content (AvgIpc) is 2.68. The summed E-state index contributed by atoms with van der Waals surface area (Å²) in [5.41, 5.74) is -1.66. The van der Waals surface area contributed by atoms with E-state index >= 15 is 0 Å². The first-order valence-corrected chi connectivity index (χ1v) is 5.13. The first-order chi connectivity index (χ1) is 6.99. The lowest BCUT2D eigenvalue weighted by atomic mass is 9.83. The molecular weight excluding hydrogens is 234 g/mol. The summed E-state index contributed by atoms with van der Waals surface area (Å²) in [6, 6.07) is 0. The number of rotatable bonds is 2. The molecule has 0 aromatic rings. The molecule has 1 saturated carbocycles. The van der Waals surface area contributed by atoms with Crippen LogP contribution in [0.2, 0.25) is 0 Å². The highest BCUT2D eigenvalue weighted by atomic mass is 19.4. The monoisotopic (exact) mass is 248 g/mol. The van der Waals surface area contributed by atoms with Crippen LogP contribution in [0, 0.1) is 23.2 Å². The maximum atomic E-state index is 12.6. The third-order valence-electron chi connectivity index (χ3n) is 4.08. The van der Waals surface area contributed by atoms with Crippen LogP contribution in [0.25, 0.3) is 0 Å². The molecule has 1 aliphatic carbocycles. The molecule has 0 aromatic carbocycles. The van der Waals surface area contributed by atoms with E-state index in [2.05, 4.69) is 0 Å². The van der Waals surface area contributed by atoms with E-state index in [4.69, 9.17) is 0 Å². The Hall–Kier alpha value is -0.420. The summed E-state index contributed by atoms with van der Waals surface area (Å²) in [5, 5.41) is 0. The van der Waals surface area contributed by atoms with Crippen molar-refractivity contribution in [1.29, 1.82) is 0 Å². The van der Waals surface area contributed by atoms with Gasteiger partial charge in [0.15, 0.2) is 0 Å². The van der Waals surface area contributed by atoms with E-state index in [1.54, 1.807) is 0 Å². The van der Waals surface area contributed by atoms with Gasteiger partial charge in [-0.15, -0.1) is 0 Å².